The lowest BCUT2D eigenvalue weighted by Crippen LogP contribution is -2.31. The normalized spacial score (nSPS) is 14.4. The van der Waals surface area contributed by atoms with Gasteiger partial charge >= 0.3 is 6.03 Å². The maximum Gasteiger partial charge on any atom is 0.325 e. The Morgan fingerprint density at radius 3 is 2.68 bits per heavy atom. The van der Waals surface area contributed by atoms with Crippen molar-refractivity contribution in [1.29, 1.82) is 0 Å². The molecule has 0 unspecified atom stereocenters. The van der Waals surface area contributed by atoms with E-state index in [1.165, 1.54) is 6.07 Å². The molecular weight excluding hydrogens is 397 g/mol. The topological polar surface area (TPSA) is 67.4 Å². The third-order valence-electron chi connectivity index (χ3n) is 5.57. The number of urea groups is 1. The first-order chi connectivity index (χ1) is 15.0. The fraction of sp³-hybridized carbons (Fsp3) is 0.261. The number of nitrogens with zero attached hydrogens (tertiary/aromatic N) is 5. The van der Waals surface area contributed by atoms with E-state index in [9.17, 15) is 9.18 Å². The van der Waals surface area contributed by atoms with E-state index in [-0.39, 0.29) is 17.8 Å². The van der Waals surface area contributed by atoms with Crippen LogP contribution in [0.5, 0.6) is 0 Å². The summed E-state index contributed by atoms with van der Waals surface area (Å²) in [7, 11) is 0. The van der Waals surface area contributed by atoms with Crippen molar-refractivity contribution in [3.63, 3.8) is 0 Å². The Labute approximate surface area is 178 Å². The van der Waals surface area contributed by atoms with Crippen LogP contribution < -0.4 is 4.90 Å². The van der Waals surface area contributed by atoms with E-state index in [1.807, 2.05) is 38.1 Å². The van der Waals surface area contributed by atoms with Gasteiger partial charge < -0.3 is 9.42 Å². The van der Waals surface area contributed by atoms with E-state index in [4.69, 9.17) is 4.52 Å². The average Bonchev–Trinajstić information content (AvgIpc) is 3.48. The van der Waals surface area contributed by atoms with Crippen molar-refractivity contribution >= 4 is 22.6 Å². The van der Waals surface area contributed by atoms with Gasteiger partial charge in [-0.2, -0.15) is 5.10 Å². The van der Waals surface area contributed by atoms with Gasteiger partial charge in [0.25, 0.3) is 0 Å². The maximum absolute atomic E-state index is 14.3. The minimum atomic E-state index is -0.353. The van der Waals surface area contributed by atoms with Crippen LogP contribution in [0.2, 0.25) is 0 Å². The summed E-state index contributed by atoms with van der Waals surface area (Å²) < 4.78 is 21.3. The standard InChI is InChI=1S/C23H22FN5O2/c1-15(2)19-12-16(31-26-19)14-27-10-11-28(23(27)30)20-8-5-9-21-17(20)13-25-29(21)22-7-4-3-6-18(22)24/h3-9,12-13,15H,10-11,14H2,1-2H3. The first-order valence-corrected chi connectivity index (χ1v) is 10.3. The number of anilines is 1. The zero-order valence-electron chi connectivity index (χ0n) is 17.3. The Hall–Kier alpha value is -3.68. The molecule has 31 heavy (non-hydrogen) atoms. The van der Waals surface area contributed by atoms with Crippen molar-refractivity contribution in [2.75, 3.05) is 18.0 Å². The summed E-state index contributed by atoms with van der Waals surface area (Å²) in [5.74, 6) is 0.588. The number of aromatic nitrogens is 3. The highest BCUT2D eigenvalue weighted by atomic mass is 19.1. The molecule has 2 aromatic carbocycles. The summed E-state index contributed by atoms with van der Waals surface area (Å²) in [4.78, 5) is 16.6. The van der Waals surface area contributed by atoms with Gasteiger partial charge in [-0.05, 0) is 30.2 Å². The van der Waals surface area contributed by atoms with Gasteiger partial charge in [0.05, 0.1) is 29.6 Å². The Kier molecular flexibility index (Phi) is 4.69. The number of hydrogen-bond donors (Lipinski definition) is 0. The summed E-state index contributed by atoms with van der Waals surface area (Å²) in [6, 6.07) is 13.9. The zero-order chi connectivity index (χ0) is 21.5. The molecule has 8 heteroatoms. The van der Waals surface area contributed by atoms with Gasteiger partial charge in [0, 0.05) is 24.5 Å². The molecule has 0 spiro atoms. The largest absolute Gasteiger partial charge is 0.359 e. The molecule has 1 aliphatic rings. The number of halogens is 1. The lowest BCUT2D eigenvalue weighted by Gasteiger charge is -2.18. The fourth-order valence-electron chi connectivity index (χ4n) is 3.90. The van der Waals surface area contributed by atoms with E-state index < -0.39 is 0 Å². The Balaban J connectivity index is 1.43. The van der Waals surface area contributed by atoms with Crippen LogP contribution in [0.4, 0.5) is 14.9 Å². The van der Waals surface area contributed by atoms with Crippen molar-refractivity contribution in [3.05, 3.63) is 72.0 Å². The highest BCUT2D eigenvalue weighted by Gasteiger charge is 2.32. The molecule has 0 bridgehead atoms. The average molecular weight is 419 g/mol. The molecule has 0 saturated carbocycles. The molecule has 0 N–H and O–H groups in total. The second-order valence-corrected chi connectivity index (χ2v) is 7.95. The summed E-state index contributed by atoms with van der Waals surface area (Å²) in [5, 5.41) is 9.26. The van der Waals surface area contributed by atoms with E-state index >= 15 is 0 Å². The minimum absolute atomic E-state index is 0.103. The van der Waals surface area contributed by atoms with Crippen LogP contribution in [0, 0.1) is 5.82 Å². The van der Waals surface area contributed by atoms with Crippen molar-refractivity contribution in [2.24, 2.45) is 0 Å². The number of fused-ring (bicyclic) bond motifs is 1. The summed E-state index contributed by atoms with van der Waals surface area (Å²) in [6.45, 7) is 5.60. The summed E-state index contributed by atoms with van der Waals surface area (Å²) in [6.07, 6.45) is 1.68. The van der Waals surface area contributed by atoms with Gasteiger partial charge in [0.15, 0.2) is 5.76 Å². The molecule has 7 nitrogen and oxygen atoms in total. The third-order valence-corrected chi connectivity index (χ3v) is 5.57. The highest BCUT2D eigenvalue weighted by molar-refractivity contribution is 6.03. The van der Waals surface area contributed by atoms with E-state index in [0.717, 1.165) is 22.3 Å². The first-order valence-electron chi connectivity index (χ1n) is 10.3. The van der Waals surface area contributed by atoms with Crippen LogP contribution in [0.15, 0.2) is 59.3 Å². The fourth-order valence-corrected chi connectivity index (χ4v) is 3.90. The molecule has 0 aliphatic carbocycles. The maximum atomic E-state index is 14.3. The SMILES string of the molecule is CC(C)c1cc(CN2CCN(c3cccc4c3cnn4-c3ccccc3F)C2=O)on1. The summed E-state index contributed by atoms with van der Waals surface area (Å²) >= 11 is 0. The van der Waals surface area contributed by atoms with Gasteiger partial charge in [0.1, 0.15) is 11.5 Å². The molecule has 5 rings (SSSR count). The zero-order valence-corrected chi connectivity index (χ0v) is 17.3. The number of rotatable bonds is 5. The minimum Gasteiger partial charge on any atom is -0.359 e. The molecule has 0 radical (unpaired) electrons. The Bertz CT molecular complexity index is 1260. The number of carbonyl (C=O) groups excluding carboxylic acids is 1. The van der Waals surface area contributed by atoms with Crippen LogP contribution in [-0.2, 0) is 6.54 Å². The molecule has 158 valence electrons. The van der Waals surface area contributed by atoms with Crippen LogP contribution in [0.3, 0.4) is 0 Å². The first kappa shape index (κ1) is 19.3. The van der Waals surface area contributed by atoms with Gasteiger partial charge in [-0.1, -0.05) is 37.2 Å². The molecular formula is C23H22FN5O2. The molecule has 2 amide bonds. The molecule has 2 aromatic heterocycles. The molecule has 0 atom stereocenters. The number of carbonyl (C=O) groups is 1. The predicted molar refractivity (Wildman–Crippen MR) is 115 cm³/mol. The smallest absolute Gasteiger partial charge is 0.325 e. The lowest BCUT2D eigenvalue weighted by molar-refractivity contribution is 0.212. The molecule has 1 fully saturated rings. The second-order valence-electron chi connectivity index (χ2n) is 7.95. The van der Waals surface area contributed by atoms with Gasteiger partial charge in [-0.15, -0.1) is 0 Å². The van der Waals surface area contributed by atoms with Crippen LogP contribution in [0.25, 0.3) is 16.6 Å². The van der Waals surface area contributed by atoms with Gasteiger partial charge in [0.2, 0.25) is 0 Å². The molecule has 4 aromatic rings. The monoisotopic (exact) mass is 419 g/mol. The van der Waals surface area contributed by atoms with Crippen molar-refractivity contribution in [2.45, 2.75) is 26.3 Å². The van der Waals surface area contributed by atoms with Crippen LogP contribution in [-0.4, -0.2) is 39.0 Å². The van der Waals surface area contributed by atoms with Gasteiger partial charge in [-0.25, -0.2) is 13.9 Å². The lowest BCUT2D eigenvalue weighted by atomic mass is 10.1. The number of benzene rings is 2. The van der Waals surface area contributed by atoms with Crippen molar-refractivity contribution in [1.82, 2.24) is 19.8 Å². The van der Waals surface area contributed by atoms with Crippen LogP contribution in [0.1, 0.15) is 31.2 Å². The Morgan fingerprint density at radius 2 is 1.90 bits per heavy atom. The van der Waals surface area contributed by atoms with E-state index in [0.29, 0.717) is 31.1 Å². The van der Waals surface area contributed by atoms with Crippen LogP contribution >= 0.6 is 0 Å². The predicted octanol–water partition coefficient (Wildman–Crippen LogP) is 4.72. The number of amides is 2. The molecule has 1 aliphatic heterocycles. The number of para-hydroxylation sites is 1. The van der Waals surface area contributed by atoms with Crippen molar-refractivity contribution < 1.29 is 13.7 Å². The quantitative estimate of drug-likeness (QED) is 0.470. The van der Waals surface area contributed by atoms with Crippen molar-refractivity contribution in [3.8, 4) is 5.69 Å². The second kappa shape index (κ2) is 7.54. The third kappa shape index (κ3) is 3.34. The van der Waals surface area contributed by atoms with E-state index in [1.54, 1.807) is 38.9 Å². The summed E-state index contributed by atoms with van der Waals surface area (Å²) in [5.41, 5.74) is 2.75. The van der Waals surface area contributed by atoms with E-state index in [2.05, 4.69) is 10.3 Å². The highest BCUT2D eigenvalue weighted by Crippen LogP contribution is 2.31. The van der Waals surface area contributed by atoms with Gasteiger partial charge in [-0.3, -0.25) is 4.90 Å². The molecule has 1 saturated heterocycles. The molecule has 3 heterocycles. The Morgan fingerprint density at radius 1 is 1.10 bits per heavy atom. The number of hydrogen-bond acceptors (Lipinski definition) is 4.